The Bertz CT molecular complexity index is 582. The summed E-state index contributed by atoms with van der Waals surface area (Å²) in [6.07, 6.45) is 2.24. The van der Waals surface area contributed by atoms with E-state index in [1.807, 2.05) is 24.3 Å². The summed E-state index contributed by atoms with van der Waals surface area (Å²) in [6, 6.07) is 18.4. The maximum absolute atomic E-state index is 6.26. The van der Waals surface area contributed by atoms with Gasteiger partial charge in [0.25, 0.3) is 0 Å². The second-order valence-corrected chi connectivity index (χ2v) is 6.22. The van der Waals surface area contributed by atoms with Gasteiger partial charge in [-0.3, -0.25) is 0 Å². The quantitative estimate of drug-likeness (QED) is 0.665. The first-order valence-electron chi connectivity index (χ1n) is 6.49. The molecule has 0 unspecified atom stereocenters. The van der Waals surface area contributed by atoms with Gasteiger partial charge in [0.05, 0.1) is 5.02 Å². The lowest BCUT2D eigenvalue weighted by atomic mass is 10.2. The fourth-order valence-corrected chi connectivity index (χ4v) is 2.94. The highest BCUT2D eigenvalue weighted by Crippen LogP contribution is 2.37. The predicted molar refractivity (Wildman–Crippen MR) is 97.5 cm³/mol. The van der Waals surface area contributed by atoms with E-state index in [9.17, 15) is 0 Å². The van der Waals surface area contributed by atoms with Crippen molar-refractivity contribution < 1.29 is 0 Å². The number of nitrogens with zero attached hydrogens (tertiary/aromatic N) is 1. The van der Waals surface area contributed by atoms with Crippen molar-refractivity contribution in [1.29, 1.82) is 0 Å². The third-order valence-electron chi connectivity index (χ3n) is 2.76. The first kappa shape index (κ1) is 18.1. The summed E-state index contributed by atoms with van der Waals surface area (Å²) in [5.41, 5.74) is 1.22. The molecule has 4 heteroatoms. The van der Waals surface area contributed by atoms with Crippen LogP contribution in [0.1, 0.15) is 5.56 Å². The van der Waals surface area contributed by atoms with Crippen molar-refractivity contribution in [2.75, 3.05) is 20.6 Å². The van der Waals surface area contributed by atoms with Gasteiger partial charge in [0.2, 0.25) is 0 Å². The molecule has 0 spiro atoms. The molecule has 0 saturated carbocycles. The second-order valence-electron chi connectivity index (χ2n) is 4.73. The third-order valence-corrected chi connectivity index (χ3v) is 4.40. The largest absolute Gasteiger partial charge is 0.306 e. The van der Waals surface area contributed by atoms with Gasteiger partial charge in [-0.15, -0.1) is 12.4 Å². The number of rotatable bonds is 5. The standard InChI is InChI=1S/C17H18ClNS.ClH/c1-19(2)13-12-16(14-8-4-3-5-9-14)20-17-11-7-6-10-15(17)18;/h3-12H,13H2,1-2H3;1H. The minimum absolute atomic E-state index is 0. The van der Waals surface area contributed by atoms with Crippen LogP contribution in [0.5, 0.6) is 0 Å². The van der Waals surface area contributed by atoms with Gasteiger partial charge in [0.15, 0.2) is 0 Å². The molecule has 0 aliphatic carbocycles. The molecule has 0 amide bonds. The molecule has 0 atom stereocenters. The SMILES string of the molecule is CN(C)CC=C(Sc1ccccc1Cl)c1ccccc1.Cl. The Hall–Kier alpha value is -0.930. The van der Waals surface area contributed by atoms with E-state index in [0.29, 0.717) is 0 Å². The fourth-order valence-electron chi connectivity index (χ4n) is 1.73. The maximum Gasteiger partial charge on any atom is 0.0545 e. The maximum atomic E-state index is 6.26. The molecular weight excluding hydrogens is 321 g/mol. The summed E-state index contributed by atoms with van der Waals surface area (Å²) >= 11 is 7.97. The topological polar surface area (TPSA) is 3.24 Å². The van der Waals surface area contributed by atoms with Crippen molar-refractivity contribution in [3.63, 3.8) is 0 Å². The van der Waals surface area contributed by atoms with Crippen LogP contribution in [0.25, 0.3) is 4.91 Å². The van der Waals surface area contributed by atoms with Crippen LogP contribution in [0.15, 0.2) is 65.6 Å². The van der Waals surface area contributed by atoms with Crippen LogP contribution >= 0.6 is 35.8 Å². The molecular formula is C17H19Cl2NS. The number of hydrogen-bond donors (Lipinski definition) is 0. The van der Waals surface area contributed by atoms with Gasteiger partial charge >= 0.3 is 0 Å². The lowest BCUT2D eigenvalue weighted by molar-refractivity contribution is 0.457. The van der Waals surface area contributed by atoms with Gasteiger partial charge in [-0.05, 0) is 31.8 Å². The van der Waals surface area contributed by atoms with Crippen molar-refractivity contribution in [2.24, 2.45) is 0 Å². The van der Waals surface area contributed by atoms with Crippen molar-refractivity contribution in [2.45, 2.75) is 4.90 Å². The molecule has 2 rings (SSSR count). The number of thioether (sulfide) groups is 1. The van der Waals surface area contributed by atoms with Crippen LogP contribution in [0, 0.1) is 0 Å². The Morgan fingerprint density at radius 3 is 2.29 bits per heavy atom. The number of halogens is 2. The lowest BCUT2D eigenvalue weighted by Crippen LogP contribution is -2.10. The summed E-state index contributed by atoms with van der Waals surface area (Å²) in [5.74, 6) is 0. The Balaban J connectivity index is 0.00000220. The molecule has 0 radical (unpaired) electrons. The summed E-state index contributed by atoms with van der Waals surface area (Å²) in [6.45, 7) is 0.904. The smallest absolute Gasteiger partial charge is 0.0545 e. The zero-order chi connectivity index (χ0) is 14.4. The van der Waals surface area contributed by atoms with E-state index in [4.69, 9.17) is 11.6 Å². The van der Waals surface area contributed by atoms with E-state index in [0.717, 1.165) is 16.5 Å². The number of likely N-dealkylation sites (N-methyl/N-ethyl adjacent to an activating group) is 1. The molecule has 0 N–H and O–H groups in total. The molecule has 0 fully saturated rings. The Morgan fingerprint density at radius 2 is 1.67 bits per heavy atom. The van der Waals surface area contributed by atoms with Crippen LogP contribution in [-0.4, -0.2) is 25.5 Å². The molecule has 0 aromatic heterocycles. The molecule has 0 bridgehead atoms. The van der Waals surface area contributed by atoms with Gasteiger partial charge in [-0.2, -0.15) is 0 Å². The molecule has 112 valence electrons. The predicted octanol–water partition coefficient (Wildman–Crippen LogP) is 5.46. The molecule has 0 saturated heterocycles. The first-order valence-corrected chi connectivity index (χ1v) is 7.69. The van der Waals surface area contributed by atoms with E-state index in [1.54, 1.807) is 11.8 Å². The van der Waals surface area contributed by atoms with Gasteiger partial charge in [0, 0.05) is 16.3 Å². The van der Waals surface area contributed by atoms with Crippen LogP contribution in [0.4, 0.5) is 0 Å². The van der Waals surface area contributed by atoms with E-state index < -0.39 is 0 Å². The highest BCUT2D eigenvalue weighted by atomic mass is 35.5. The third kappa shape index (κ3) is 5.76. The van der Waals surface area contributed by atoms with E-state index in [2.05, 4.69) is 55.4 Å². The zero-order valence-corrected chi connectivity index (χ0v) is 14.5. The second kappa shape index (κ2) is 9.16. The van der Waals surface area contributed by atoms with Crippen LogP contribution < -0.4 is 0 Å². The Labute approximate surface area is 142 Å². The summed E-state index contributed by atoms with van der Waals surface area (Å²) in [5, 5.41) is 0.796. The molecule has 0 aliphatic rings. The number of benzene rings is 2. The van der Waals surface area contributed by atoms with Gasteiger partial charge < -0.3 is 4.90 Å². The molecule has 2 aromatic rings. The van der Waals surface area contributed by atoms with Gasteiger partial charge in [-0.1, -0.05) is 71.9 Å². The zero-order valence-electron chi connectivity index (χ0n) is 12.1. The minimum atomic E-state index is 0. The van der Waals surface area contributed by atoms with E-state index in [-0.39, 0.29) is 12.4 Å². The van der Waals surface area contributed by atoms with Gasteiger partial charge in [-0.25, -0.2) is 0 Å². The molecule has 21 heavy (non-hydrogen) atoms. The van der Waals surface area contributed by atoms with Crippen molar-refractivity contribution in [3.05, 3.63) is 71.3 Å². The van der Waals surface area contributed by atoms with Gasteiger partial charge in [0.1, 0.15) is 0 Å². The average molecular weight is 340 g/mol. The molecule has 1 nitrogen and oxygen atoms in total. The minimum Gasteiger partial charge on any atom is -0.306 e. The Kier molecular flexibility index (Phi) is 7.91. The normalized spacial score (nSPS) is 11.3. The summed E-state index contributed by atoms with van der Waals surface area (Å²) in [7, 11) is 4.14. The Morgan fingerprint density at radius 1 is 1.05 bits per heavy atom. The lowest BCUT2D eigenvalue weighted by Gasteiger charge is -2.11. The molecule has 0 aliphatic heterocycles. The summed E-state index contributed by atoms with van der Waals surface area (Å²) < 4.78 is 0. The first-order chi connectivity index (χ1) is 9.66. The highest BCUT2D eigenvalue weighted by Gasteiger charge is 2.06. The van der Waals surface area contributed by atoms with Crippen LogP contribution in [0.3, 0.4) is 0 Å². The summed E-state index contributed by atoms with van der Waals surface area (Å²) in [4.78, 5) is 4.46. The van der Waals surface area contributed by atoms with Crippen molar-refractivity contribution in [1.82, 2.24) is 4.90 Å². The molecule has 2 aromatic carbocycles. The average Bonchev–Trinajstić information content (AvgIpc) is 2.46. The van der Waals surface area contributed by atoms with Crippen molar-refractivity contribution in [3.8, 4) is 0 Å². The highest BCUT2D eigenvalue weighted by molar-refractivity contribution is 8.08. The fraction of sp³-hybridized carbons (Fsp3) is 0.176. The van der Waals surface area contributed by atoms with Crippen LogP contribution in [0.2, 0.25) is 5.02 Å². The number of hydrogen-bond acceptors (Lipinski definition) is 2. The van der Waals surface area contributed by atoms with E-state index in [1.165, 1.54) is 10.5 Å². The molecule has 0 heterocycles. The monoisotopic (exact) mass is 339 g/mol. The van der Waals surface area contributed by atoms with Crippen molar-refractivity contribution >= 4 is 40.7 Å². The van der Waals surface area contributed by atoms with Crippen LogP contribution in [-0.2, 0) is 0 Å². The van der Waals surface area contributed by atoms with E-state index >= 15 is 0 Å².